The number of benzene rings is 1. The standard InChI is InChI=1S/C13H18N4O/c1-9-4-5-12(18-3)10(6-9)7-11(14-2)13-15-8-16-17-13/h4-6,8,11,14H,7H2,1-3H3,(H,15,16,17). The van der Waals surface area contributed by atoms with Crippen molar-refractivity contribution in [3.63, 3.8) is 0 Å². The monoisotopic (exact) mass is 246 g/mol. The third-order valence-corrected chi connectivity index (χ3v) is 2.97. The fourth-order valence-electron chi connectivity index (χ4n) is 2.01. The zero-order valence-electron chi connectivity index (χ0n) is 10.9. The van der Waals surface area contributed by atoms with Crippen molar-refractivity contribution in [3.8, 4) is 5.75 Å². The number of likely N-dealkylation sites (N-methyl/N-ethyl adjacent to an activating group) is 1. The Morgan fingerprint density at radius 3 is 2.89 bits per heavy atom. The quantitative estimate of drug-likeness (QED) is 0.841. The van der Waals surface area contributed by atoms with Crippen LogP contribution in [0.25, 0.3) is 0 Å². The number of methoxy groups -OCH3 is 1. The van der Waals surface area contributed by atoms with Gasteiger partial charge in [-0.3, -0.25) is 5.10 Å². The van der Waals surface area contributed by atoms with Gasteiger partial charge in [-0.15, -0.1) is 0 Å². The van der Waals surface area contributed by atoms with E-state index < -0.39 is 0 Å². The molecule has 1 heterocycles. The number of nitrogens with zero attached hydrogens (tertiary/aromatic N) is 2. The number of hydrogen-bond acceptors (Lipinski definition) is 4. The summed E-state index contributed by atoms with van der Waals surface area (Å²) in [6, 6.07) is 6.28. The van der Waals surface area contributed by atoms with Crippen LogP contribution in [-0.2, 0) is 6.42 Å². The largest absolute Gasteiger partial charge is 0.496 e. The molecular weight excluding hydrogens is 228 g/mol. The molecule has 1 aromatic heterocycles. The summed E-state index contributed by atoms with van der Waals surface area (Å²) in [5.41, 5.74) is 2.38. The molecule has 0 saturated heterocycles. The van der Waals surface area contributed by atoms with Crippen molar-refractivity contribution in [2.24, 2.45) is 0 Å². The zero-order chi connectivity index (χ0) is 13.0. The zero-order valence-corrected chi connectivity index (χ0v) is 10.9. The summed E-state index contributed by atoms with van der Waals surface area (Å²) in [5.74, 6) is 1.74. The van der Waals surface area contributed by atoms with Crippen molar-refractivity contribution < 1.29 is 4.74 Å². The van der Waals surface area contributed by atoms with E-state index >= 15 is 0 Å². The van der Waals surface area contributed by atoms with Crippen molar-refractivity contribution in [2.75, 3.05) is 14.2 Å². The topological polar surface area (TPSA) is 62.8 Å². The van der Waals surface area contributed by atoms with Crippen LogP contribution in [0.2, 0.25) is 0 Å². The van der Waals surface area contributed by atoms with E-state index in [4.69, 9.17) is 4.74 Å². The minimum Gasteiger partial charge on any atom is -0.496 e. The Morgan fingerprint density at radius 1 is 1.44 bits per heavy atom. The molecule has 1 atom stereocenters. The molecule has 1 aromatic carbocycles. The average Bonchev–Trinajstić information content (AvgIpc) is 2.90. The lowest BCUT2D eigenvalue weighted by molar-refractivity contribution is 0.405. The molecule has 0 radical (unpaired) electrons. The normalized spacial score (nSPS) is 12.4. The van der Waals surface area contributed by atoms with Gasteiger partial charge in [-0.2, -0.15) is 5.10 Å². The minimum absolute atomic E-state index is 0.100. The van der Waals surface area contributed by atoms with Crippen molar-refractivity contribution in [2.45, 2.75) is 19.4 Å². The summed E-state index contributed by atoms with van der Waals surface area (Å²) in [5, 5.41) is 10.0. The number of hydrogen-bond donors (Lipinski definition) is 2. The van der Waals surface area contributed by atoms with Crippen LogP contribution in [0.3, 0.4) is 0 Å². The van der Waals surface area contributed by atoms with E-state index in [0.29, 0.717) is 0 Å². The van der Waals surface area contributed by atoms with Gasteiger partial charge in [-0.25, -0.2) is 4.98 Å². The number of ether oxygens (including phenoxy) is 1. The van der Waals surface area contributed by atoms with Crippen LogP contribution in [0.4, 0.5) is 0 Å². The molecule has 2 aromatic rings. The third kappa shape index (κ3) is 2.68. The Kier molecular flexibility index (Phi) is 3.94. The van der Waals surface area contributed by atoms with Crippen LogP contribution in [0.15, 0.2) is 24.5 Å². The molecule has 0 amide bonds. The molecule has 0 saturated carbocycles. The number of aryl methyl sites for hydroxylation is 1. The Hall–Kier alpha value is -1.88. The average molecular weight is 246 g/mol. The van der Waals surface area contributed by atoms with Gasteiger partial charge in [0, 0.05) is 0 Å². The first-order valence-electron chi connectivity index (χ1n) is 5.90. The summed E-state index contributed by atoms with van der Waals surface area (Å²) in [7, 11) is 3.60. The highest BCUT2D eigenvalue weighted by Gasteiger charge is 2.15. The van der Waals surface area contributed by atoms with E-state index in [-0.39, 0.29) is 6.04 Å². The van der Waals surface area contributed by atoms with Crippen molar-refractivity contribution in [3.05, 3.63) is 41.5 Å². The van der Waals surface area contributed by atoms with E-state index in [9.17, 15) is 0 Å². The van der Waals surface area contributed by atoms with Crippen LogP contribution in [0.1, 0.15) is 23.0 Å². The molecule has 5 heteroatoms. The Labute approximate surface area is 107 Å². The Bertz CT molecular complexity index is 496. The second-order valence-electron chi connectivity index (χ2n) is 4.23. The fraction of sp³-hybridized carbons (Fsp3) is 0.385. The second-order valence-corrected chi connectivity index (χ2v) is 4.23. The number of H-pyrrole nitrogens is 1. The van der Waals surface area contributed by atoms with Gasteiger partial charge in [-0.05, 0) is 32.0 Å². The molecule has 1 unspecified atom stereocenters. The molecular formula is C13H18N4O. The van der Waals surface area contributed by atoms with Gasteiger partial charge in [0.05, 0.1) is 13.2 Å². The highest BCUT2D eigenvalue weighted by molar-refractivity contribution is 5.37. The van der Waals surface area contributed by atoms with Crippen molar-refractivity contribution in [1.82, 2.24) is 20.5 Å². The van der Waals surface area contributed by atoms with Gasteiger partial charge in [0.2, 0.25) is 0 Å². The van der Waals surface area contributed by atoms with E-state index in [0.717, 1.165) is 23.6 Å². The highest BCUT2D eigenvalue weighted by Crippen LogP contribution is 2.24. The van der Waals surface area contributed by atoms with E-state index in [1.807, 2.05) is 19.2 Å². The summed E-state index contributed by atoms with van der Waals surface area (Å²) < 4.78 is 5.39. The molecule has 5 nitrogen and oxygen atoms in total. The van der Waals surface area contributed by atoms with Gasteiger partial charge in [-0.1, -0.05) is 17.7 Å². The molecule has 0 aliphatic carbocycles. The van der Waals surface area contributed by atoms with E-state index in [2.05, 4.69) is 33.5 Å². The fourth-order valence-corrected chi connectivity index (χ4v) is 2.01. The van der Waals surface area contributed by atoms with E-state index in [1.54, 1.807) is 7.11 Å². The lowest BCUT2D eigenvalue weighted by Crippen LogP contribution is -2.20. The van der Waals surface area contributed by atoms with Crippen molar-refractivity contribution in [1.29, 1.82) is 0 Å². The molecule has 0 aliphatic rings. The third-order valence-electron chi connectivity index (χ3n) is 2.97. The summed E-state index contributed by atoms with van der Waals surface area (Å²) in [6.07, 6.45) is 2.32. The number of rotatable bonds is 5. The van der Waals surface area contributed by atoms with Crippen LogP contribution < -0.4 is 10.1 Å². The van der Waals surface area contributed by atoms with Crippen LogP contribution in [0.5, 0.6) is 5.75 Å². The van der Waals surface area contributed by atoms with Gasteiger partial charge < -0.3 is 10.1 Å². The number of aromatic amines is 1. The highest BCUT2D eigenvalue weighted by atomic mass is 16.5. The Morgan fingerprint density at radius 2 is 2.28 bits per heavy atom. The lowest BCUT2D eigenvalue weighted by Gasteiger charge is -2.16. The maximum absolute atomic E-state index is 5.39. The number of aromatic nitrogens is 3. The van der Waals surface area contributed by atoms with Crippen LogP contribution >= 0.6 is 0 Å². The smallest absolute Gasteiger partial charge is 0.141 e. The summed E-state index contributed by atoms with van der Waals surface area (Å²) in [4.78, 5) is 4.19. The van der Waals surface area contributed by atoms with Crippen molar-refractivity contribution >= 4 is 0 Å². The predicted molar refractivity (Wildman–Crippen MR) is 69.6 cm³/mol. The molecule has 0 bridgehead atoms. The molecule has 18 heavy (non-hydrogen) atoms. The van der Waals surface area contributed by atoms with Gasteiger partial charge in [0.15, 0.2) is 0 Å². The second kappa shape index (κ2) is 5.64. The molecule has 2 rings (SSSR count). The first-order chi connectivity index (χ1) is 8.74. The lowest BCUT2D eigenvalue weighted by atomic mass is 10.0. The molecule has 0 spiro atoms. The molecule has 2 N–H and O–H groups in total. The van der Waals surface area contributed by atoms with Crippen LogP contribution in [0, 0.1) is 6.92 Å². The summed E-state index contributed by atoms with van der Waals surface area (Å²) >= 11 is 0. The molecule has 96 valence electrons. The first kappa shape index (κ1) is 12.6. The number of nitrogens with one attached hydrogen (secondary N) is 2. The SMILES string of the molecule is CNC(Cc1cc(C)ccc1OC)c1ncn[nH]1. The maximum Gasteiger partial charge on any atom is 0.141 e. The maximum atomic E-state index is 5.39. The Balaban J connectivity index is 2.24. The van der Waals surface area contributed by atoms with Gasteiger partial charge in [0.1, 0.15) is 17.9 Å². The summed E-state index contributed by atoms with van der Waals surface area (Å²) in [6.45, 7) is 2.08. The first-order valence-corrected chi connectivity index (χ1v) is 5.90. The van der Waals surface area contributed by atoms with Gasteiger partial charge in [0.25, 0.3) is 0 Å². The van der Waals surface area contributed by atoms with Crippen LogP contribution in [-0.4, -0.2) is 29.3 Å². The minimum atomic E-state index is 0.100. The molecule has 0 aliphatic heterocycles. The predicted octanol–water partition coefficient (Wildman–Crippen LogP) is 1.62. The molecule has 0 fully saturated rings. The van der Waals surface area contributed by atoms with Gasteiger partial charge >= 0.3 is 0 Å². The van der Waals surface area contributed by atoms with E-state index in [1.165, 1.54) is 11.9 Å².